The molecule has 0 aliphatic carbocycles. The highest BCUT2D eigenvalue weighted by atomic mass is 31.2. The summed E-state index contributed by atoms with van der Waals surface area (Å²) in [4.78, 5) is 15.0. The van der Waals surface area contributed by atoms with Crippen molar-refractivity contribution < 1.29 is 61.4 Å². The number of halogens is 4. The molecule has 96 valence electrons. The van der Waals surface area contributed by atoms with Gasteiger partial charge in [-0.1, -0.05) is 18.9 Å². The van der Waals surface area contributed by atoms with Gasteiger partial charge in [0.05, 0.1) is 0 Å². The van der Waals surface area contributed by atoms with E-state index in [0.29, 0.717) is 0 Å². The van der Waals surface area contributed by atoms with Crippen LogP contribution in [0.2, 0.25) is 0 Å². The van der Waals surface area contributed by atoms with E-state index < -0.39 is 15.6 Å². The van der Waals surface area contributed by atoms with E-state index in [4.69, 9.17) is 9.79 Å². The van der Waals surface area contributed by atoms with Crippen LogP contribution in [-0.4, -0.2) is 15.3 Å². The van der Waals surface area contributed by atoms with E-state index in [0.717, 1.165) is 0 Å². The summed E-state index contributed by atoms with van der Waals surface area (Å²) in [6, 6.07) is 0. The summed E-state index contributed by atoms with van der Waals surface area (Å²) in [7, 11) is -9.98. The fourth-order valence-corrected chi connectivity index (χ4v) is 0.0639. The number of rotatable bonds is 4. The van der Waals surface area contributed by atoms with Crippen LogP contribution >= 0.6 is 15.6 Å². The van der Waals surface area contributed by atoms with Gasteiger partial charge in [-0.25, -0.2) is 9.13 Å². The molecule has 0 aliphatic heterocycles. The van der Waals surface area contributed by atoms with Gasteiger partial charge in [0, 0.05) is 0 Å². The molecule has 0 rings (SSSR count). The van der Waals surface area contributed by atoms with Gasteiger partial charge < -0.3 is 5.48 Å². The SMILES string of the molecule is O.O=P(O)(OF)OF.O=P(O)(OF)OF. The molecule has 0 heterocycles. The zero-order valence-corrected chi connectivity index (χ0v) is 8.04. The maximum Gasteiger partial charge on any atom is 0.534 e. The van der Waals surface area contributed by atoms with Crippen LogP contribution in [0.5, 0.6) is 0 Å². The molecule has 0 unspecified atom stereocenters. The van der Waals surface area contributed by atoms with Gasteiger partial charge in [0.25, 0.3) is 0 Å². The first-order chi connectivity index (χ1) is 6.24. The maximum absolute atomic E-state index is 10.4. The smallest absolute Gasteiger partial charge is 0.412 e. The molecule has 0 atom stereocenters. The number of hydrogen-bond donors (Lipinski definition) is 2. The molecule has 0 aliphatic rings. The monoisotopic (exact) mass is 286 g/mol. The van der Waals surface area contributed by atoms with Crippen LogP contribution in [0.3, 0.4) is 0 Å². The summed E-state index contributed by atoms with van der Waals surface area (Å²) in [5, 5.41) is 0. The van der Waals surface area contributed by atoms with E-state index in [2.05, 4.69) is 18.9 Å². The van der Waals surface area contributed by atoms with E-state index in [1.54, 1.807) is 0 Å². The van der Waals surface area contributed by atoms with Crippen LogP contribution in [0.1, 0.15) is 0 Å². The van der Waals surface area contributed by atoms with E-state index in [9.17, 15) is 27.2 Å². The standard InChI is InChI=1S/2F2HO4P.H2O/c2*1-5-7(3,4)6-2;/h2*(H,3,4);1H2. The molecule has 0 saturated heterocycles. The van der Waals surface area contributed by atoms with Crippen LogP contribution in [0.15, 0.2) is 0 Å². The van der Waals surface area contributed by atoms with Gasteiger partial charge in [-0.3, -0.25) is 9.79 Å². The molecule has 0 bridgehead atoms. The number of hydrogen-bond acceptors (Lipinski definition) is 6. The second-order valence-corrected chi connectivity index (χ2v) is 3.64. The van der Waals surface area contributed by atoms with Gasteiger partial charge >= 0.3 is 15.6 Å². The Balaban J connectivity index is -0.000000180. The van der Waals surface area contributed by atoms with Crippen LogP contribution in [-0.2, 0) is 28.0 Å². The lowest BCUT2D eigenvalue weighted by atomic mass is 15.5. The van der Waals surface area contributed by atoms with Crippen molar-refractivity contribution in [1.82, 2.24) is 0 Å². The minimum atomic E-state index is -4.99. The second kappa shape index (κ2) is 9.15. The summed E-state index contributed by atoms with van der Waals surface area (Å²) in [5.41, 5.74) is 0. The molecule has 4 N–H and O–H groups in total. The Morgan fingerprint density at radius 3 is 0.867 bits per heavy atom. The molecule has 0 radical (unpaired) electrons. The lowest BCUT2D eigenvalue weighted by Gasteiger charge is -1.91. The zero-order chi connectivity index (χ0) is 11.8. The Kier molecular flexibility index (Phi) is 12.4. The number of phosphoric acid groups is 2. The van der Waals surface area contributed by atoms with Crippen molar-refractivity contribution in [2.75, 3.05) is 0 Å². The summed E-state index contributed by atoms with van der Waals surface area (Å²) in [6.45, 7) is 0. The fraction of sp³-hybridized carbons (Fsp3) is 0. The molecule has 0 saturated carbocycles. The predicted molar refractivity (Wildman–Crippen MR) is 32.0 cm³/mol. The van der Waals surface area contributed by atoms with Gasteiger partial charge in [0.2, 0.25) is 0 Å². The average Bonchev–Trinajstić information content (AvgIpc) is 2.19. The molecule has 0 aromatic rings. The minimum absolute atomic E-state index is 0. The summed E-state index contributed by atoms with van der Waals surface area (Å²) in [6.07, 6.45) is 0. The average molecular weight is 286 g/mol. The second-order valence-electron chi connectivity index (χ2n) is 1.21. The minimum Gasteiger partial charge on any atom is -0.412 e. The molecular formula is H4F4O9P2. The summed E-state index contributed by atoms with van der Waals surface area (Å²) >= 11 is 0. The molecule has 0 amide bonds. The van der Waals surface area contributed by atoms with Gasteiger partial charge in [0.15, 0.2) is 0 Å². The quantitative estimate of drug-likeness (QED) is 0.574. The third-order valence-electron chi connectivity index (χ3n) is 0.349. The van der Waals surface area contributed by atoms with Crippen LogP contribution in [0.4, 0.5) is 18.1 Å². The van der Waals surface area contributed by atoms with Gasteiger partial charge in [-0.2, -0.15) is 0 Å². The third-order valence-corrected chi connectivity index (χ3v) is 1.05. The Labute approximate surface area is 78.3 Å². The lowest BCUT2D eigenvalue weighted by Crippen LogP contribution is -1.75. The molecule has 0 fully saturated rings. The molecular weight excluding hydrogens is 282 g/mol. The van der Waals surface area contributed by atoms with Gasteiger partial charge in [-0.05, 0) is 18.1 Å². The first-order valence-electron chi connectivity index (χ1n) is 2.11. The van der Waals surface area contributed by atoms with Crippen LogP contribution < -0.4 is 0 Å². The van der Waals surface area contributed by atoms with E-state index in [-0.39, 0.29) is 5.48 Å². The highest BCUT2D eigenvalue weighted by molar-refractivity contribution is 7.47. The van der Waals surface area contributed by atoms with Gasteiger partial charge in [0.1, 0.15) is 0 Å². The molecule has 0 aromatic carbocycles. The summed E-state index contributed by atoms with van der Waals surface area (Å²) in [5.74, 6) is 0. The molecule has 15 heavy (non-hydrogen) atoms. The van der Waals surface area contributed by atoms with Crippen molar-refractivity contribution in [3.05, 3.63) is 0 Å². The molecule has 0 aromatic heterocycles. The zero-order valence-electron chi connectivity index (χ0n) is 6.25. The highest BCUT2D eigenvalue weighted by Crippen LogP contribution is 2.43. The van der Waals surface area contributed by atoms with E-state index in [1.807, 2.05) is 0 Å². The normalized spacial score (nSPS) is 11.1. The molecule has 15 heteroatoms. The highest BCUT2D eigenvalue weighted by Gasteiger charge is 2.22. The Morgan fingerprint density at radius 1 is 0.733 bits per heavy atom. The molecule has 9 nitrogen and oxygen atoms in total. The van der Waals surface area contributed by atoms with Crippen molar-refractivity contribution in [2.45, 2.75) is 0 Å². The lowest BCUT2D eigenvalue weighted by molar-refractivity contribution is -0.110. The largest absolute Gasteiger partial charge is 0.534 e. The van der Waals surface area contributed by atoms with Crippen molar-refractivity contribution in [1.29, 1.82) is 0 Å². The van der Waals surface area contributed by atoms with Crippen molar-refractivity contribution >= 4 is 15.6 Å². The third kappa shape index (κ3) is 13.9. The Morgan fingerprint density at radius 2 is 0.867 bits per heavy atom. The van der Waals surface area contributed by atoms with Crippen molar-refractivity contribution in [2.24, 2.45) is 0 Å². The predicted octanol–water partition coefficient (Wildman–Crippen LogP) is 0.953. The van der Waals surface area contributed by atoms with Crippen LogP contribution in [0.25, 0.3) is 0 Å². The van der Waals surface area contributed by atoms with Crippen LogP contribution in [0, 0.1) is 0 Å². The Hall–Kier alpha value is -0.100. The van der Waals surface area contributed by atoms with Crippen molar-refractivity contribution in [3.63, 3.8) is 0 Å². The summed E-state index contributed by atoms with van der Waals surface area (Å²) < 4.78 is 68.6. The first kappa shape index (κ1) is 20.3. The van der Waals surface area contributed by atoms with E-state index in [1.165, 1.54) is 0 Å². The van der Waals surface area contributed by atoms with E-state index >= 15 is 0 Å². The Bertz CT molecular complexity index is 188. The molecule has 0 spiro atoms. The maximum atomic E-state index is 10.4. The first-order valence-corrected chi connectivity index (χ1v) is 5.10. The fourth-order valence-electron chi connectivity index (χ4n) is 0.0213. The van der Waals surface area contributed by atoms with Crippen molar-refractivity contribution in [3.8, 4) is 0 Å². The van der Waals surface area contributed by atoms with Gasteiger partial charge in [-0.15, -0.1) is 0 Å². The topological polar surface area (TPSA) is 143 Å².